The van der Waals surface area contributed by atoms with E-state index in [0.717, 1.165) is 29.7 Å². The van der Waals surface area contributed by atoms with Crippen molar-refractivity contribution in [1.82, 2.24) is 5.32 Å². The smallest absolute Gasteiger partial charge is 0.135 e. The van der Waals surface area contributed by atoms with Crippen molar-refractivity contribution < 1.29 is 4.74 Å². The summed E-state index contributed by atoms with van der Waals surface area (Å²) in [6, 6.07) is 6.91. The number of nitrogens with zero attached hydrogens (tertiary/aromatic N) is 1. The lowest BCUT2D eigenvalue weighted by atomic mass is 9.89. The van der Waals surface area contributed by atoms with Gasteiger partial charge in [0.25, 0.3) is 0 Å². The number of piperazine rings is 1. The fourth-order valence-electron chi connectivity index (χ4n) is 2.95. The first-order chi connectivity index (χ1) is 9.90. The molecule has 1 heterocycles. The summed E-state index contributed by atoms with van der Waals surface area (Å²) in [7, 11) is 1.72. The number of benzene rings is 1. The van der Waals surface area contributed by atoms with E-state index in [2.05, 4.69) is 72.0 Å². The minimum Gasteiger partial charge on any atom is -0.495 e. The minimum absolute atomic E-state index is 0.172. The Morgan fingerprint density at radius 1 is 1.48 bits per heavy atom. The zero-order chi connectivity index (χ0) is 15.6. The molecule has 1 fully saturated rings. The number of ether oxygens (including phenoxy) is 1. The maximum absolute atomic E-state index is 5.46. The van der Waals surface area contributed by atoms with E-state index in [-0.39, 0.29) is 5.54 Å². The van der Waals surface area contributed by atoms with E-state index in [1.54, 1.807) is 7.11 Å². The first-order valence-electron chi connectivity index (χ1n) is 7.75. The summed E-state index contributed by atoms with van der Waals surface area (Å²) < 4.78 is 6.46. The molecule has 3 nitrogen and oxygen atoms in total. The number of hydrogen-bond acceptors (Lipinski definition) is 3. The maximum atomic E-state index is 5.46. The zero-order valence-corrected chi connectivity index (χ0v) is 15.3. The molecule has 1 saturated heterocycles. The molecule has 0 spiro atoms. The summed E-state index contributed by atoms with van der Waals surface area (Å²) in [5.41, 5.74) is 1.42. The van der Waals surface area contributed by atoms with Crippen molar-refractivity contribution in [2.24, 2.45) is 5.92 Å². The van der Waals surface area contributed by atoms with Crippen LogP contribution in [0.3, 0.4) is 0 Å². The number of hydrogen-bond donors (Lipinski definition) is 1. The quantitative estimate of drug-likeness (QED) is 0.882. The molecular weight excluding hydrogens is 328 g/mol. The monoisotopic (exact) mass is 354 g/mol. The van der Waals surface area contributed by atoms with Crippen LogP contribution in [0.4, 0.5) is 5.69 Å². The Kier molecular flexibility index (Phi) is 5.20. The van der Waals surface area contributed by atoms with Crippen molar-refractivity contribution in [1.29, 1.82) is 0 Å². The van der Waals surface area contributed by atoms with Gasteiger partial charge in [0.2, 0.25) is 0 Å². The van der Waals surface area contributed by atoms with Crippen LogP contribution in [0.25, 0.3) is 0 Å². The Hall–Kier alpha value is -0.740. The third-order valence-electron chi connectivity index (χ3n) is 4.67. The highest BCUT2D eigenvalue weighted by Gasteiger charge is 2.36. The van der Waals surface area contributed by atoms with E-state index < -0.39 is 0 Å². The van der Waals surface area contributed by atoms with E-state index in [4.69, 9.17) is 4.74 Å². The molecule has 1 aliphatic rings. The van der Waals surface area contributed by atoms with Gasteiger partial charge in [0, 0.05) is 36.4 Å². The molecule has 4 heteroatoms. The third-order valence-corrected chi connectivity index (χ3v) is 5.33. The second-order valence-corrected chi connectivity index (χ2v) is 7.41. The predicted octanol–water partition coefficient (Wildman–Crippen LogP) is 4.06. The lowest BCUT2D eigenvalue weighted by Gasteiger charge is -2.48. The normalized spacial score (nSPS) is 26.2. The van der Waals surface area contributed by atoms with Crippen molar-refractivity contribution in [3.05, 3.63) is 22.7 Å². The van der Waals surface area contributed by atoms with Gasteiger partial charge in [-0.3, -0.25) is 0 Å². The van der Waals surface area contributed by atoms with Gasteiger partial charge in [0.1, 0.15) is 5.75 Å². The van der Waals surface area contributed by atoms with Crippen molar-refractivity contribution >= 4 is 21.6 Å². The standard InChI is InChI=1S/C17H27BrN2O/c1-6-17(4)11-20(15(10-19-17)12(2)3)13-7-8-14(18)16(9-13)21-5/h7-9,12,15,19H,6,10-11H2,1-5H3. The maximum Gasteiger partial charge on any atom is 0.135 e. The molecule has 0 bridgehead atoms. The van der Waals surface area contributed by atoms with Gasteiger partial charge >= 0.3 is 0 Å². The van der Waals surface area contributed by atoms with E-state index in [9.17, 15) is 0 Å². The van der Waals surface area contributed by atoms with Gasteiger partial charge < -0.3 is 15.0 Å². The molecule has 1 aromatic rings. The SMILES string of the molecule is CCC1(C)CN(c2ccc(Br)c(OC)c2)C(C(C)C)CN1. The molecule has 0 radical (unpaired) electrons. The predicted molar refractivity (Wildman–Crippen MR) is 93.4 cm³/mol. The first kappa shape index (κ1) is 16.6. The summed E-state index contributed by atoms with van der Waals surface area (Å²) in [4.78, 5) is 2.54. The topological polar surface area (TPSA) is 24.5 Å². The molecule has 0 amide bonds. The van der Waals surface area contributed by atoms with Gasteiger partial charge in [0.15, 0.2) is 0 Å². The summed E-state index contributed by atoms with van der Waals surface area (Å²) in [5, 5.41) is 3.73. The summed E-state index contributed by atoms with van der Waals surface area (Å²) in [6.07, 6.45) is 1.13. The molecule has 2 unspecified atom stereocenters. The Morgan fingerprint density at radius 2 is 2.19 bits per heavy atom. The van der Waals surface area contributed by atoms with Gasteiger partial charge in [-0.1, -0.05) is 20.8 Å². The van der Waals surface area contributed by atoms with Gasteiger partial charge in [-0.2, -0.15) is 0 Å². The number of halogens is 1. The van der Waals surface area contributed by atoms with Crippen LogP contribution in [0.5, 0.6) is 5.75 Å². The van der Waals surface area contributed by atoms with Crippen molar-refractivity contribution in [3.63, 3.8) is 0 Å². The number of anilines is 1. The largest absolute Gasteiger partial charge is 0.495 e. The van der Waals surface area contributed by atoms with Gasteiger partial charge in [-0.05, 0) is 47.3 Å². The first-order valence-corrected chi connectivity index (χ1v) is 8.54. The van der Waals surface area contributed by atoms with E-state index in [1.807, 2.05) is 0 Å². The average molecular weight is 355 g/mol. The Balaban J connectivity index is 2.35. The van der Waals surface area contributed by atoms with Crippen LogP contribution in [-0.2, 0) is 0 Å². The zero-order valence-electron chi connectivity index (χ0n) is 13.7. The second kappa shape index (κ2) is 6.57. The fraction of sp³-hybridized carbons (Fsp3) is 0.647. The third kappa shape index (κ3) is 3.54. The van der Waals surface area contributed by atoms with Crippen LogP contribution < -0.4 is 15.0 Å². The summed E-state index contributed by atoms with van der Waals surface area (Å²) in [6.45, 7) is 11.2. The van der Waals surface area contributed by atoms with Crippen LogP contribution in [0.2, 0.25) is 0 Å². The highest BCUT2D eigenvalue weighted by atomic mass is 79.9. The molecule has 1 aliphatic heterocycles. The van der Waals surface area contributed by atoms with Crippen LogP contribution in [-0.4, -0.2) is 31.8 Å². The minimum atomic E-state index is 0.172. The molecule has 118 valence electrons. The molecule has 0 aliphatic carbocycles. The highest BCUT2D eigenvalue weighted by molar-refractivity contribution is 9.10. The lowest BCUT2D eigenvalue weighted by Crippen LogP contribution is -2.64. The lowest BCUT2D eigenvalue weighted by molar-refractivity contribution is 0.253. The summed E-state index contributed by atoms with van der Waals surface area (Å²) >= 11 is 3.54. The number of nitrogens with one attached hydrogen (secondary N) is 1. The van der Waals surface area contributed by atoms with E-state index >= 15 is 0 Å². The Bertz CT molecular complexity index is 492. The van der Waals surface area contributed by atoms with Gasteiger partial charge in [-0.25, -0.2) is 0 Å². The molecule has 0 saturated carbocycles. The van der Waals surface area contributed by atoms with E-state index in [0.29, 0.717) is 12.0 Å². The van der Waals surface area contributed by atoms with Crippen molar-refractivity contribution in [3.8, 4) is 5.75 Å². The van der Waals surface area contributed by atoms with Crippen LogP contribution in [0.15, 0.2) is 22.7 Å². The van der Waals surface area contributed by atoms with Crippen LogP contribution >= 0.6 is 15.9 Å². The molecule has 2 atom stereocenters. The number of rotatable bonds is 4. The average Bonchev–Trinajstić information content (AvgIpc) is 2.47. The van der Waals surface area contributed by atoms with Crippen LogP contribution in [0.1, 0.15) is 34.1 Å². The molecule has 21 heavy (non-hydrogen) atoms. The highest BCUT2D eigenvalue weighted by Crippen LogP contribution is 2.34. The van der Waals surface area contributed by atoms with E-state index in [1.165, 1.54) is 5.69 Å². The van der Waals surface area contributed by atoms with Crippen molar-refractivity contribution in [2.45, 2.75) is 45.7 Å². The van der Waals surface area contributed by atoms with Gasteiger partial charge in [-0.15, -0.1) is 0 Å². The second-order valence-electron chi connectivity index (χ2n) is 6.55. The number of methoxy groups -OCH3 is 1. The van der Waals surface area contributed by atoms with Gasteiger partial charge in [0.05, 0.1) is 11.6 Å². The molecule has 1 N–H and O–H groups in total. The molecule has 1 aromatic carbocycles. The van der Waals surface area contributed by atoms with Crippen LogP contribution in [0, 0.1) is 5.92 Å². The Labute approximate surface area is 137 Å². The fourth-order valence-corrected chi connectivity index (χ4v) is 3.36. The summed E-state index contributed by atoms with van der Waals surface area (Å²) in [5.74, 6) is 1.50. The van der Waals surface area contributed by atoms with Crippen molar-refractivity contribution in [2.75, 3.05) is 25.1 Å². The molecular formula is C17H27BrN2O. The Morgan fingerprint density at radius 3 is 2.76 bits per heavy atom. The molecule has 0 aromatic heterocycles. The molecule has 2 rings (SSSR count).